The molecule has 84 valence electrons. The van der Waals surface area contributed by atoms with Crippen LogP contribution in [0.25, 0.3) is 0 Å². The van der Waals surface area contributed by atoms with Crippen molar-refractivity contribution >= 4 is 11.8 Å². The molecule has 1 heterocycles. The van der Waals surface area contributed by atoms with Crippen LogP contribution in [0.5, 0.6) is 0 Å². The van der Waals surface area contributed by atoms with Gasteiger partial charge in [0.2, 0.25) is 0 Å². The van der Waals surface area contributed by atoms with Gasteiger partial charge in [0.1, 0.15) is 0 Å². The first-order chi connectivity index (χ1) is 6.74. The fraction of sp³-hybridized carbons (Fsp3) is 1.00. The van der Waals surface area contributed by atoms with Crippen molar-refractivity contribution in [3.63, 3.8) is 0 Å². The zero-order valence-corrected chi connectivity index (χ0v) is 10.4. The molecule has 0 amide bonds. The molecule has 0 bridgehead atoms. The Morgan fingerprint density at radius 1 is 1.57 bits per heavy atom. The molecule has 0 aromatic carbocycles. The highest BCUT2D eigenvalue weighted by molar-refractivity contribution is 7.99. The molecule has 1 saturated heterocycles. The normalized spacial score (nSPS) is 26.4. The number of nitrogens with two attached hydrogens (primary N) is 1. The minimum absolute atomic E-state index is 0.389. The third kappa shape index (κ3) is 4.20. The predicted octanol–water partition coefficient (Wildman–Crippen LogP) is 1.94. The Labute approximate surface area is 92.6 Å². The molecule has 0 saturated carbocycles. The van der Waals surface area contributed by atoms with Crippen molar-refractivity contribution in [1.82, 2.24) is 4.90 Å². The van der Waals surface area contributed by atoms with Gasteiger partial charge < -0.3 is 5.73 Å². The molecule has 1 rings (SSSR count). The molecule has 1 aliphatic heterocycles. The Morgan fingerprint density at radius 3 is 3.00 bits per heavy atom. The highest BCUT2D eigenvalue weighted by Crippen LogP contribution is 2.16. The van der Waals surface area contributed by atoms with E-state index in [0.717, 1.165) is 12.6 Å². The fourth-order valence-corrected chi connectivity index (χ4v) is 2.97. The maximum Gasteiger partial charge on any atom is 0.0167 e. The lowest BCUT2D eigenvalue weighted by Crippen LogP contribution is -2.46. The van der Waals surface area contributed by atoms with Gasteiger partial charge in [-0.3, -0.25) is 4.90 Å². The van der Waals surface area contributed by atoms with E-state index in [1.54, 1.807) is 0 Å². The van der Waals surface area contributed by atoms with Crippen LogP contribution in [0.2, 0.25) is 0 Å². The van der Waals surface area contributed by atoms with Gasteiger partial charge in [0.05, 0.1) is 0 Å². The Bertz CT molecular complexity index is 152. The molecular weight excluding hydrogens is 192 g/mol. The van der Waals surface area contributed by atoms with E-state index in [1.165, 1.54) is 37.3 Å². The minimum atomic E-state index is 0.389. The molecule has 1 fully saturated rings. The van der Waals surface area contributed by atoms with Gasteiger partial charge in [-0.25, -0.2) is 0 Å². The van der Waals surface area contributed by atoms with E-state index in [9.17, 15) is 0 Å². The summed E-state index contributed by atoms with van der Waals surface area (Å²) in [4.78, 5) is 2.55. The first-order valence-corrected chi connectivity index (χ1v) is 6.97. The minimum Gasteiger partial charge on any atom is -0.327 e. The molecule has 0 aromatic heterocycles. The number of hydrogen-bond acceptors (Lipinski definition) is 3. The molecule has 2 N–H and O–H groups in total. The van der Waals surface area contributed by atoms with E-state index in [0.29, 0.717) is 6.04 Å². The molecular formula is C11H24N2S. The predicted molar refractivity (Wildman–Crippen MR) is 65.9 cm³/mol. The molecule has 0 aromatic rings. The van der Waals surface area contributed by atoms with E-state index >= 15 is 0 Å². The van der Waals surface area contributed by atoms with Crippen LogP contribution in [0.1, 0.15) is 33.1 Å². The Kier molecular flexibility index (Phi) is 5.90. The average molecular weight is 216 g/mol. The summed E-state index contributed by atoms with van der Waals surface area (Å²) >= 11 is 2.07. The van der Waals surface area contributed by atoms with Crippen LogP contribution >= 0.6 is 11.8 Å². The maximum absolute atomic E-state index is 6.10. The van der Waals surface area contributed by atoms with E-state index in [1.807, 2.05) is 0 Å². The first-order valence-electron chi connectivity index (χ1n) is 5.81. The second-order valence-electron chi connectivity index (χ2n) is 4.32. The molecule has 2 unspecified atom stereocenters. The summed E-state index contributed by atoms with van der Waals surface area (Å²) in [6, 6.07) is 1.11. The van der Waals surface area contributed by atoms with Crippen LogP contribution in [0.3, 0.4) is 0 Å². The number of rotatable bonds is 5. The van der Waals surface area contributed by atoms with Crippen LogP contribution in [0, 0.1) is 0 Å². The van der Waals surface area contributed by atoms with E-state index in [2.05, 4.69) is 30.5 Å². The zero-order chi connectivity index (χ0) is 10.4. The van der Waals surface area contributed by atoms with Crippen molar-refractivity contribution in [3.05, 3.63) is 0 Å². The monoisotopic (exact) mass is 216 g/mol. The lowest BCUT2D eigenvalue weighted by molar-refractivity contribution is 0.214. The number of nitrogens with zero attached hydrogens (tertiary/aromatic N) is 1. The summed E-state index contributed by atoms with van der Waals surface area (Å²) in [6.07, 6.45) is 3.73. The van der Waals surface area contributed by atoms with Crippen molar-refractivity contribution in [2.75, 3.05) is 24.6 Å². The highest BCUT2D eigenvalue weighted by atomic mass is 32.2. The first kappa shape index (κ1) is 12.3. The molecule has 2 nitrogen and oxygen atoms in total. The lowest BCUT2D eigenvalue weighted by atomic mass is 10.1. The fourth-order valence-electron chi connectivity index (χ4n) is 1.89. The molecule has 0 radical (unpaired) electrons. The van der Waals surface area contributed by atoms with Crippen molar-refractivity contribution in [3.8, 4) is 0 Å². The van der Waals surface area contributed by atoms with Crippen LogP contribution in [0.4, 0.5) is 0 Å². The summed E-state index contributed by atoms with van der Waals surface area (Å²) in [5.41, 5.74) is 6.10. The van der Waals surface area contributed by atoms with E-state index < -0.39 is 0 Å². The largest absolute Gasteiger partial charge is 0.327 e. The van der Waals surface area contributed by atoms with Crippen molar-refractivity contribution in [2.24, 2.45) is 5.73 Å². The summed E-state index contributed by atoms with van der Waals surface area (Å²) in [5.74, 6) is 2.56. The summed E-state index contributed by atoms with van der Waals surface area (Å²) in [5, 5.41) is 0. The molecule has 1 aliphatic rings. The highest BCUT2D eigenvalue weighted by Gasteiger charge is 2.19. The summed E-state index contributed by atoms with van der Waals surface area (Å²) in [6.45, 7) is 6.87. The molecule has 3 heteroatoms. The third-order valence-electron chi connectivity index (χ3n) is 2.90. The Balaban J connectivity index is 2.20. The zero-order valence-electron chi connectivity index (χ0n) is 9.54. The molecule has 0 spiro atoms. The quantitative estimate of drug-likeness (QED) is 0.761. The SMILES string of the molecule is CCCCC(N)CN1CCSCC1C. The van der Waals surface area contributed by atoms with Gasteiger partial charge in [-0.15, -0.1) is 0 Å². The molecule has 14 heavy (non-hydrogen) atoms. The van der Waals surface area contributed by atoms with Gasteiger partial charge in [0.25, 0.3) is 0 Å². The van der Waals surface area contributed by atoms with Gasteiger partial charge in [-0.05, 0) is 13.3 Å². The molecule has 0 aliphatic carbocycles. The number of thioether (sulfide) groups is 1. The maximum atomic E-state index is 6.10. The van der Waals surface area contributed by atoms with E-state index in [4.69, 9.17) is 5.73 Å². The van der Waals surface area contributed by atoms with E-state index in [-0.39, 0.29) is 0 Å². The van der Waals surface area contributed by atoms with Gasteiger partial charge in [0.15, 0.2) is 0 Å². The summed E-state index contributed by atoms with van der Waals surface area (Å²) in [7, 11) is 0. The standard InChI is InChI=1S/C11H24N2S/c1-3-4-5-11(12)8-13-6-7-14-9-10(13)2/h10-11H,3-9,12H2,1-2H3. The second kappa shape index (κ2) is 6.70. The van der Waals surface area contributed by atoms with Gasteiger partial charge in [-0.2, -0.15) is 11.8 Å². The molecule has 2 atom stereocenters. The van der Waals surface area contributed by atoms with Gasteiger partial charge in [-0.1, -0.05) is 19.8 Å². The summed E-state index contributed by atoms with van der Waals surface area (Å²) < 4.78 is 0. The Morgan fingerprint density at radius 2 is 2.36 bits per heavy atom. The third-order valence-corrected chi connectivity index (χ3v) is 4.09. The van der Waals surface area contributed by atoms with Crippen LogP contribution < -0.4 is 5.73 Å². The van der Waals surface area contributed by atoms with Crippen LogP contribution in [-0.4, -0.2) is 41.6 Å². The number of hydrogen-bond donors (Lipinski definition) is 1. The Hall–Kier alpha value is 0.270. The van der Waals surface area contributed by atoms with Crippen molar-refractivity contribution in [2.45, 2.75) is 45.2 Å². The average Bonchev–Trinajstić information content (AvgIpc) is 2.18. The van der Waals surface area contributed by atoms with Crippen molar-refractivity contribution in [1.29, 1.82) is 0 Å². The van der Waals surface area contributed by atoms with Gasteiger partial charge >= 0.3 is 0 Å². The smallest absolute Gasteiger partial charge is 0.0167 e. The number of unbranched alkanes of at least 4 members (excludes halogenated alkanes) is 1. The topological polar surface area (TPSA) is 29.3 Å². The lowest BCUT2D eigenvalue weighted by Gasteiger charge is -2.34. The van der Waals surface area contributed by atoms with Gasteiger partial charge in [0, 0.05) is 36.7 Å². The van der Waals surface area contributed by atoms with Crippen LogP contribution in [-0.2, 0) is 0 Å². The van der Waals surface area contributed by atoms with Crippen LogP contribution in [0.15, 0.2) is 0 Å². The van der Waals surface area contributed by atoms with Crippen molar-refractivity contribution < 1.29 is 0 Å². The second-order valence-corrected chi connectivity index (χ2v) is 5.47.